The van der Waals surface area contributed by atoms with Crippen LogP contribution < -0.4 is 11.3 Å². The first kappa shape index (κ1) is 15.2. The second-order valence-corrected chi connectivity index (χ2v) is 4.14. The van der Waals surface area contributed by atoms with Gasteiger partial charge < -0.3 is 5.43 Å². The van der Waals surface area contributed by atoms with E-state index in [9.17, 15) is 13.2 Å². The number of nitrogens with two attached hydrogens (primary N) is 1. The van der Waals surface area contributed by atoms with Crippen LogP contribution >= 0.6 is 0 Å². The van der Waals surface area contributed by atoms with Gasteiger partial charge in [0.05, 0.1) is 0 Å². The monoisotopic (exact) mass is 301 g/mol. The van der Waals surface area contributed by atoms with Crippen LogP contribution in [0.3, 0.4) is 0 Å². The Hall–Kier alpha value is -2.23. The summed E-state index contributed by atoms with van der Waals surface area (Å²) in [4.78, 5) is 11.0. The molecule has 0 amide bonds. The van der Waals surface area contributed by atoms with Gasteiger partial charge in [-0.25, -0.2) is 20.8 Å². The molecule has 114 valence electrons. The van der Waals surface area contributed by atoms with Gasteiger partial charge in [-0.3, -0.25) is 0 Å². The standard InChI is InChI=1S/C11H14F3N7/c1-3-6-16-8(4-2)21(20-6)9-5-7(19-15)17-10(18-9)11(12,13)14/h5H,3-4,15H2,1-2H3,(H,17,18,19). The number of nitrogen functional groups attached to an aromatic ring is 1. The first-order valence-electron chi connectivity index (χ1n) is 6.27. The molecule has 0 unspecified atom stereocenters. The highest BCUT2D eigenvalue weighted by molar-refractivity contribution is 5.41. The molecule has 0 atom stereocenters. The maximum Gasteiger partial charge on any atom is 0.451 e. The van der Waals surface area contributed by atoms with Crippen molar-refractivity contribution in [2.45, 2.75) is 32.9 Å². The van der Waals surface area contributed by atoms with Gasteiger partial charge in [0.1, 0.15) is 11.6 Å². The summed E-state index contributed by atoms with van der Waals surface area (Å²) in [5.74, 6) is 4.73. The van der Waals surface area contributed by atoms with E-state index in [4.69, 9.17) is 5.84 Å². The van der Waals surface area contributed by atoms with Gasteiger partial charge >= 0.3 is 6.18 Å². The Bertz CT molecular complexity index is 635. The molecule has 0 spiro atoms. The lowest BCUT2D eigenvalue weighted by atomic mass is 10.4. The van der Waals surface area contributed by atoms with Gasteiger partial charge in [-0.15, -0.1) is 5.10 Å². The van der Waals surface area contributed by atoms with E-state index in [0.717, 1.165) is 0 Å². The zero-order chi connectivity index (χ0) is 15.6. The number of aromatic nitrogens is 5. The first-order valence-corrected chi connectivity index (χ1v) is 6.27. The van der Waals surface area contributed by atoms with Gasteiger partial charge in [-0.1, -0.05) is 13.8 Å². The van der Waals surface area contributed by atoms with Gasteiger partial charge in [0.15, 0.2) is 11.6 Å². The number of hydrogen-bond acceptors (Lipinski definition) is 6. The van der Waals surface area contributed by atoms with Crippen LogP contribution in [0.4, 0.5) is 19.0 Å². The van der Waals surface area contributed by atoms with E-state index in [1.54, 1.807) is 0 Å². The minimum Gasteiger partial charge on any atom is -0.308 e. The van der Waals surface area contributed by atoms with E-state index < -0.39 is 12.0 Å². The average Bonchev–Trinajstić information content (AvgIpc) is 2.89. The van der Waals surface area contributed by atoms with Crippen LogP contribution in [0.2, 0.25) is 0 Å². The molecule has 2 aromatic rings. The summed E-state index contributed by atoms with van der Waals surface area (Å²) < 4.78 is 39.7. The van der Waals surface area contributed by atoms with Gasteiger partial charge in [0.25, 0.3) is 0 Å². The van der Waals surface area contributed by atoms with Crippen molar-refractivity contribution in [1.29, 1.82) is 0 Å². The Kier molecular flexibility index (Phi) is 4.07. The minimum atomic E-state index is -4.68. The lowest BCUT2D eigenvalue weighted by Gasteiger charge is -2.10. The number of rotatable bonds is 4. The Morgan fingerprint density at radius 2 is 1.90 bits per heavy atom. The van der Waals surface area contributed by atoms with Crippen LogP contribution in [0.15, 0.2) is 6.07 Å². The number of anilines is 1. The number of nitrogens with one attached hydrogen (secondary N) is 1. The van der Waals surface area contributed by atoms with Crippen LogP contribution in [-0.4, -0.2) is 24.7 Å². The highest BCUT2D eigenvalue weighted by atomic mass is 19.4. The smallest absolute Gasteiger partial charge is 0.308 e. The average molecular weight is 301 g/mol. The van der Waals surface area contributed by atoms with Gasteiger partial charge in [-0.05, 0) is 0 Å². The molecule has 0 bridgehead atoms. The van der Waals surface area contributed by atoms with Crippen molar-refractivity contribution in [2.24, 2.45) is 5.84 Å². The third kappa shape index (κ3) is 3.10. The predicted molar refractivity (Wildman–Crippen MR) is 68.5 cm³/mol. The number of halogens is 3. The summed E-state index contributed by atoms with van der Waals surface area (Å²) in [5.41, 5.74) is 2.10. The van der Waals surface area contributed by atoms with Gasteiger partial charge in [0.2, 0.25) is 5.82 Å². The van der Waals surface area contributed by atoms with E-state index in [0.29, 0.717) is 24.5 Å². The van der Waals surface area contributed by atoms with Crippen molar-refractivity contribution in [3.63, 3.8) is 0 Å². The molecule has 0 saturated heterocycles. The SMILES string of the molecule is CCc1nc(CC)n(-c2cc(NN)nc(C(F)(F)F)n2)n1. The van der Waals surface area contributed by atoms with Gasteiger partial charge in [-0.2, -0.15) is 17.9 Å². The number of aryl methyl sites for hydroxylation is 2. The van der Waals surface area contributed by atoms with E-state index in [-0.39, 0.29) is 11.6 Å². The molecule has 0 aromatic carbocycles. The zero-order valence-corrected chi connectivity index (χ0v) is 11.4. The van der Waals surface area contributed by atoms with E-state index in [1.807, 2.05) is 13.8 Å². The van der Waals surface area contributed by atoms with Crippen molar-refractivity contribution in [3.8, 4) is 5.82 Å². The molecular weight excluding hydrogens is 287 g/mol. The summed E-state index contributed by atoms with van der Waals surface area (Å²) in [6, 6.07) is 1.28. The molecule has 2 heterocycles. The maximum absolute atomic E-state index is 12.8. The molecule has 0 radical (unpaired) electrons. The molecule has 10 heteroatoms. The lowest BCUT2D eigenvalue weighted by molar-refractivity contribution is -0.144. The molecule has 0 aliphatic heterocycles. The van der Waals surface area contributed by atoms with Crippen molar-refractivity contribution in [1.82, 2.24) is 24.7 Å². The fourth-order valence-corrected chi connectivity index (χ4v) is 1.70. The Balaban J connectivity index is 2.60. The molecule has 2 aromatic heterocycles. The van der Waals surface area contributed by atoms with Crippen molar-refractivity contribution < 1.29 is 13.2 Å². The summed E-state index contributed by atoms with van der Waals surface area (Å²) in [6.45, 7) is 3.68. The molecule has 21 heavy (non-hydrogen) atoms. The Labute approximate surface area is 118 Å². The molecule has 0 saturated carbocycles. The maximum atomic E-state index is 12.8. The Morgan fingerprint density at radius 1 is 1.19 bits per heavy atom. The zero-order valence-electron chi connectivity index (χ0n) is 11.4. The topological polar surface area (TPSA) is 94.5 Å². The lowest BCUT2D eigenvalue weighted by Crippen LogP contribution is -2.18. The number of hydrazine groups is 1. The largest absolute Gasteiger partial charge is 0.451 e. The van der Waals surface area contributed by atoms with Crippen molar-refractivity contribution in [2.75, 3.05) is 5.43 Å². The normalized spacial score (nSPS) is 11.7. The van der Waals surface area contributed by atoms with E-state index in [1.165, 1.54) is 10.7 Å². The third-order valence-corrected chi connectivity index (χ3v) is 2.68. The molecule has 0 aliphatic carbocycles. The second kappa shape index (κ2) is 5.64. The molecule has 3 N–H and O–H groups in total. The highest BCUT2D eigenvalue weighted by Gasteiger charge is 2.35. The fraction of sp³-hybridized carbons (Fsp3) is 0.455. The third-order valence-electron chi connectivity index (χ3n) is 2.68. The molecule has 7 nitrogen and oxygen atoms in total. The molecule has 0 fully saturated rings. The fourth-order valence-electron chi connectivity index (χ4n) is 1.70. The van der Waals surface area contributed by atoms with Crippen LogP contribution in [-0.2, 0) is 19.0 Å². The van der Waals surface area contributed by atoms with Crippen LogP contribution in [0, 0.1) is 0 Å². The summed E-state index contributed by atoms with van der Waals surface area (Å²) in [5, 5.41) is 4.15. The van der Waals surface area contributed by atoms with E-state index >= 15 is 0 Å². The van der Waals surface area contributed by atoms with Crippen molar-refractivity contribution >= 4 is 5.82 Å². The van der Waals surface area contributed by atoms with Crippen molar-refractivity contribution in [3.05, 3.63) is 23.5 Å². The predicted octanol–water partition coefficient (Wildman–Crippen LogP) is 1.49. The summed E-state index contributed by atoms with van der Waals surface area (Å²) in [7, 11) is 0. The summed E-state index contributed by atoms with van der Waals surface area (Å²) >= 11 is 0. The van der Waals surface area contributed by atoms with Gasteiger partial charge in [0, 0.05) is 18.9 Å². The van der Waals surface area contributed by atoms with E-state index in [2.05, 4.69) is 25.5 Å². The number of nitrogens with zero attached hydrogens (tertiary/aromatic N) is 5. The minimum absolute atomic E-state index is 0.0330. The summed E-state index contributed by atoms with van der Waals surface area (Å²) in [6.07, 6.45) is -3.61. The van der Waals surface area contributed by atoms with Crippen LogP contribution in [0.5, 0.6) is 0 Å². The molecule has 2 rings (SSSR count). The molecule has 0 aliphatic rings. The Morgan fingerprint density at radius 3 is 2.43 bits per heavy atom. The van der Waals surface area contributed by atoms with Crippen LogP contribution in [0.1, 0.15) is 31.3 Å². The first-order chi connectivity index (χ1) is 9.88. The highest BCUT2D eigenvalue weighted by Crippen LogP contribution is 2.28. The second-order valence-electron chi connectivity index (χ2n) is 4.14. The number of alkyl halides is 3. The quantitative estimate of drug-likeness (QED) is 0.656. The molecular formula is C11H14F3N7. The number of hydrogen-bond donors (Lipinski definition) is 2. The van der Waals surface area contributed by atoms with Crippen LogP contribution in [0.25, 0.3) is 5.82 Å².